The van der Waals surface area contributed by atoms with Crippen molar-refractivity contribution in [3.63, 3.8) is 0 Å². The van der Waals surface area contributed by atoms with Crippen LogP contribution >= 0.6 is 0 Å². The first kappa shape index (κ1) is 18.7. The summed E-state index contributed by atoms with van der Waals surface area (Å²) < 4.78 is 10.9. The topological polar surface area (TPSA) is 50.8 Å². The maximum Gasteiger partial charge on any atom is 0.317 e. The van der Waals surface area contributed by atoms with Crippen LogP contribution in [0.4, 0.5) is 4.79 Å². The largest absolute Gasteiger partial charge is 0.497 e. The first-order chi connectivity index (χ1) is 13.7. The monoisotopic (exact) mass is 380 g/mol. The summed E-state index contributed by atoms with van der Waals surface area (Å²) in [5.41, 5.74) is 2.38. The number of carbonyl (C=O) groups excluding carboxylic acids is 1. The van der Waals surface area contributed by atoms with Gasteiger partial charge < -0.3 is 19.7 Å². The molecule has 0 radical (unpaired) electrons. The van der Waals surface area contributed by atoms with Gasteiger partial charge in [-0.05, 0) is 49.4 Å². The number of ether oxygens (including phenoxy) is 2. The van der Waals surface area contributed by atoms with Crippen LogP contribution in [-0.2, 0) is 5.41 Å². The summed E-state index contributed by atoms with van der Waals surface area (Å²) >= 11 is 0. The number of methoxy groups -OCH3 is 2. The zero-order valence-electron chi connectivity index (χ0n) is 16.6. The molecule has 2 aromatic carbocycles. The average molecular weight is 380 g/mol. The Kier molecular flexibility index (Phi) is 5.16. The summed E-state index contributed by atoms with van der Waals surface area (Å²) in [6.07, 6.45) is 4.17. The summed E-state index contributed by atoms with van der Waals surface area (Å²) in [5, 5.41) is 3.21. The van der Waals surface area contributed by atoms with Crippen LogP contribution in [0.2, 0.25) is 0 Å². The highest BCUT2D eigenvalue weighted by Crippen LogP contribution is 2.48. The Labute approximate surface area is 166 Å². The molecule has 2 aromatic rings. The number of hydrogen-bond donors (Lipinski definition) is 1. The quantitative estimate of drug-likeness (QED) is 0.814. The van der Waals surface area contributed by atoms with Crippen LogP contribution < -0.4 is 14.8 Å². The number of benzene rings is 2. The number of nitrogens with zero attached hydrogens (tertiary/aromatic N) is 1. The Morgan fingerprint density at radius 1 is 1.14 bits per heavy atom. The Hall–Kier alpha value is -2.69. The summed E-state index contributed by atoms with van der Waals surface area (Å²) in [6, 6.07) is 16.3. The lowest BCUT2D eigenvalue weighted by Crippen LogP contribution is -2.42. The summed E-state index contributed by atoms with van der Waals surface area (Å²) in [7, 11) is 3.37. The van der Waals surface area contributed by atoms with E-state index in [4.69, 9.17) is 9.47 Å². The Morgan fingerprint density at radius 3 is 2.71 bits per heavy atom. The molecule has 148 valence electrons. The van der Waals surface area contributed by atoms with Crippen LogP contribution in [0.5, 0.6) is 11.5 Å². The fraction of sp³-hybridized carbons (Fsp3) is 0.435. The van der Waals surface area contributed by atoms with E-state index >= 15 is 0 Å². The number of nitrogens with one attached hydrogen (secondary N) is 1. The van der Waals surface area contributed by atoms with Gasteiger partial charge in [0.15, 0.2) is 0 Å². The van der Waals surface area contributed by atoms with E-state index < -0.39 is 0 Å². The van der Waals surface area contributed by atoms with Gasteiger partial charge in [0, 0.05) is 24.1 Å². The predicted molar refractivity (Wildman–Crippen MR) is 109 cm³/mol. The van der Waals surface area contributed by atoms with E-state index in [9.17, 15) is 4.79 Å². The highest BCUT2D eigenvalue weighted by atomic mass is 16.5. The van der Waals surface area contributed by atoms with Gasteiger partial charge in [-0.1, -0.05) is 30.3 Å². The molecule has 1 atom stereocenters. The first-order valence-electron chi connectivity index (χ1n) is 9.99. The molecule has 1 aliphatic heterocycles. The molecule has 1 aliphatic carbocycles. The number of para-hydroxylation sites is 1. The smallest absolute Gasteiger partial charge is 0.317 e. The van der Waals surface area contributed by atoms with Gasteiger partial charge in [-0.2, -0.15) is 0 Å². The second-order valence-corrected chi connectivity index (χ2v) is 7.76. The minimum atomic E-state index is 0.0163. The molecule has 1 heterocycles. The van der Waals surface area contributed by atoms with Gasteiger partial charge in [0.2, 0.25) is 0 Å². The lowest BCUT2D eigenvalue weighted by Gasteiger charge is -2.27. The second kappa shape index (κ2) is 7.74. The van der Waals surface area contributed by atoms with Gasteiger partial charge in [0.05, 0.1) is 20.3 Å². The van der Waals surface area contributed by atoms with Crippen molar-refractivity contribution in [2.45, 2.75) is 37.1 Å². The third-order valence-electron chi connectivity index (χ3n) is 6.13. The number of rotatable bonds is 6. The van der Waals surface area contributed by atoms with Crippen molar-refractivity contribution in [2.75, 3.05) is 27.3 Å². The Balaban J connectivity index is 1.45. The van der Waals surface area contributed by atoms with Crippen molar-refractivity contribution < 1.29 is 14.3 Å². The molecule has 0 aromatic heterocycles. The summed E-state index contributed by atoms with van der Waals surface area (Å²) in [5.74, 6) is 1.72. The molecule has 2 aliphatic rings. The molecule has 4 rings (SSSR count). The number of carbonyl (C=O) groups is 1. The number of amides is 2. The van der Waals surface area contributed by atoms with Gasteiger partial charge >= 0.3 is 6.03 Å². The van der Waals surface area contributed by atoms with Crippen molar-refractivity contribution in [3.8, 4) is 11.5 Å². The van der Waals surface area contributed by atoms with E-state index in [0.29, 0.717) is 6.54 Å². The molecule has 28 heavy (non-hydrogen) atoms. The lowest BCUT2D eigenvalue weighted by atomic mass is 9.96. The van der Waals surface area contributed by atoms with Crippen LogP contribution in [0, 0.1) is 0 Å². The number of hydrogen-bond acceptors (Lipinski definition) is 3. The molecule has 5 nitrogen and oxygen atoms in total. The molecule has 0 bridgehead atoms. The third-order valence-corrected chi connectivity index (χ3v) is 6.13. The van der Waals surface area contributed by atoms with Crippen LogP contribution in [-0.4, -0.2) is 38.2 Å². The molecule has 5 heteroatoms. The fourth-order valence-corrected chi connectivity index (χ4v) is 4.29. The standard InChI is InChI=1S/C23H28N2O3/c1-27-18-8-5-7-17(15-18)23(12-13-23)16-24-22(26)25-14-6-10-20(25)19-9-3-4-11-21(19)28-2/h3-5,7-9,11,15,20H,6,10,12-14,16H2,1-2H3,(H,24,26). The summed E-state index contributed by atoms with van der Waals surface area (Å²) in [6.45, 7) is 1.44. The van der Waals surface area contributed by atoms with Crippen molar-refractivity contribution >= 4 is 6.03 Å². The highest BCUT2D eigenvalue weighted by Gasteiger charge is 2.45. The van der Waals surface area contributed by atoms with Crippen molar-refractivity contribution in [2.24, 2.45) is 0 Å². The molecule has 1 saturated carbocycles. The SMILES string of the molecule is COc1cccc(C2(CNC(=O)N3CCCC3c3ccccc3OC)CC2)c1. The van der Waals surface area contributed by atoms with Crippen LogP contribution in [0.15, 0.2) is 48.5 Å². The van der Waals surface area contributed by atoms with E-state index in [0.717, 1.165) is 49.3 Å². The molecule has 1 N–H and O–H groups in total. The van der Waals surface area contributed by atoms with Gasteiger partial charge in [-0.3, -0.25) is 0 Å². The van der Waals surface area contributed by atoms with Crippen LogP contribution in [0.3, 0.4) is 0 Å². The minimum absolute atomic E-state index is 0.0163. The molecular weight excluding hydrogens is 352 g/mol. The molecule has 0 spiro atoms. The van der Waals surface area contributed by atoms with E-state index in [2.05, 4.69) is 23.5 Å². The van der Waals surface area contributed by atoms with Crippen molar-refractivity contribution in [3.05, 3.63) is 59.7 Å². The van der Waals surface area contributed by atoms with Gasteiger partial charge in [0.1, 0.15) is 11.5 Å². The molecule has 2 fully saturated rings. The molecule has 2 amide bonds. The van der Waals surface area contributed by atoms with E-state index in [1.54, 1.807) is 14.2 Å². The van der Waals surface area contributed by atoms with Crippen molar-refractivity contribution in [1.29, 1.82) is 0 Å². The third kappa shape index (κ3) is 3.53. The van der Waals surface area contributed by atoms with Gasteiger partial charge in [0.25, 0.3) is 0 Å². The number of likely N-dealkylation sites (tertiary alicyclic amines) is 1. The Morgan fingerprint density at radius 2 is 1.96 bits per heavy atom. The Bertz CT molecular complexity index is 847. The summed E-state index contributed by atoms with van der Waals surface area (Å²) in [4.78, 5) is 15.0. The maximum atomic E-state index is 13.0. The lowest BCUT2D eigenvalue weighted by molar-refractivity contribution is 0.191. The maximum absolute atomic E-state index is 13.0. The minimum Gasteiger partial charge on any atom is -0.497 e. The predicted octanol–water partition coefficient (Wildman–Crippen LogP) is 4.28. The van der Waals surface area contributed by atoms with E-state index in [1.165, 1.54) is 5.56 Å². The zero-order chi connectivity index (χ0) is 19.6. The number of urea groups is 1. The second-order valence-electron chi connectivity index (χ2n) is 7.76. The van der Waals surface area contributed by atoms with E-state index in [1.807, 2.05) is 35.2 Å². The highest BCUT2D eigenvalue weighted by molar-refractivity contribution is 5.75. The molecule has 1 unspecified atom stereocenters. The fourth-order valence-electron chi connectivity index (χ4n) is 4.29. The van der Waals surface area contributed by atoms with E-state index in [-0.39, 0.29) is 17.5 Å². The normalized spacial score (nSPS) is 19.9. The van der Waals surface area contributed by atoms with Gasteiger partial charge in [-0.15, -0.1) is 0 Å². The first-order valence-corrected chi connectivity index (χ1v) is 9.99. The zero-order valence-corrected chi connectivity index (χ0v) is 16.6. The molecular formula is C23H28N2O3. The molecule has 1 saturated heterocycles. The average Bonchev–Trinajstić information content (AvgIpc) is 3.39. The van der Waals surface area contributed by atoms with Crippen LogP contribution in [0.1, 0.15) is 42.9 Å². The van der Waals surface area contributed by atoms with Crippen molar-refractivity contribution in [1.82, 2.24) is 10.2 Å². The van der Waals surface area contributed by atoms with Crippen LogP contribution in [0.25, 0.3) is 0 Å². The van der Waals surface area contributed by atoms with Gasteiger partial charge in [-0.25, -0.2) is 4.79 Å².